The number of benzene rings is 1. The highest BCUT2D eigenvalue weighted by molar-refractivity contribution is 5.89. The molecule has 1 aliphatic rings. The number of esters is 1. The van der Waals surface area contributed by atoms with E-state index in [1.54, 1.807) is 12.1 Å². The molecule has 1 saturated heterocycles. The standard InChI is InChI=1S/C16H23NO4/c17-9-3-1-2-4-13-5-7-14(8-6-13)16(18)21-12-15-19-10-11-20-15/h5-8,15H,1-4,9-12,17H2. The van der Waals surface area contributed by atoms with Gasteiger partial charge in [0.15, 0.2) is 6.29 Å². The normalized spacial score (nSPS) is 15.3. The summed E-state index contributed by atoms with van der Waals surface area (Å²) < 4.78 is 15.6. The van der Waals surface area contributed by atoms with Crippen molar-refractivity contribution in [3.63, 3.8) is 0 Å². The fraction of sp³-hybridized carbons (Fsp3) is 0.562. The van der Waals surface area contributed by atoms with Gasteiger partial charge in [-0.25, -0.2) is 4.79 Å². The minimum Gasteiger partial charge on any atom is -0.457 e. The van der Waals surface area contributed by atoms with Gasteiger partial charge in [-0.2, -0.15) is 0 Å². The Morgan fingerprint density at radius 1 is 1.14 bits per heavy atom. The summed E-state index contributed by atoms with van der Waals surface area (Å²) in [5.41, 5.74) is 7.25. The summed E-state index contributed by atoms with van der Waals surface area (Å²) in [4.78, 5) is 11.9. The Hall–Kier alpha value is -1.43. The molecule has 0 amide bonds. The van der Waals surface area contributed by atoms with Gasteiger partial charge in [0.2, 0.25) is 0 Å². The third kappa shape index (κ3) is 5.46. The molecule has 1 fully saturated rings. The molecule has 1 aliphatic heterocycles. The molecule has 0 radical (unpaired) electrons. The van der Waals surface area contributed by atoms with Gasteiger partial charge in [-0.1, -0.05) is 18.6 Å². The number of ether oxygens (including phenoxy) is 3. The lowest BCUT2D eigenvalue weighted by Crippen LogP contribution is -2.19. The van der Waals surface area contributed by atoms with E-state index in [-0.39, 0.29) is 12.6 Å². The van der Waals surface area contributed by atoms with Gasteiger partial charge in [-0.05, 0) is 43.5 Å². The zero-order chi connectivity index (χ0) is 14.9. The molecular formula is C16H23NO4. The number of unbranched alkanes of at least 4 members (excludes halogenated alkanes) is 2. The fourth-order valence-electron chi connectivity index (χ4n) is 2.19. The fourth-order valence-corrected chi connectivity index (χ4v) is 2.19. The molecule has 21 heavy (non-hydrogen) atoms. The SMILES string of the molecule is NCCCCCc1ccc(C(=O)OCC2OCCO2)cc1. The van der Waals surface area contributed by atoms with Gasteiger partial charge < -0.3 is 19.9 Å². The minimum absolute atomic E-state index is 0.139. The summed E-state index contributed by atoms with van der Waals surface area (Å²) >= 11 is 0. The largest absolute Gasteiger partial charge is 0.457 e. The van der Waals surface area contributed by atoms with E-state index in [1.807, 2.05) is 12.1 Å². The molecule has 0 atom stereocenters. The summed E-state index contributed by atoms with van der Waals surface area (Å²) in [6.45, 7) is 2.00. The molecule has 1 aromatic rings. The van der Waals surface area contributed by atoms with Crippen molar-refractivity contribution < 1.29 is 19.0 Å². The van der Waals surface area contributed by atoms with E-state index in [4.69, 9.17) is 19.9 Å². The van der Waals surface area contributed by atoms with Crippen LogP contribution in [0, 0.1) is 0 Å². The maximum Gasteiger partial charge on any atom is 0.338 e. The highest BCUT2D eigenvalue weighted by Gasteiger charge is 2.18. The number of rotatable bonds is 8. The molecule has 2 rings (SSSR count). The number of hydrogen-bond acceptors (Lipinski definition) is 5. The second-order valence-corrected chi connectivity index (χ2v) is 5.07. The van der Waals surface area contributed by atoms with Crippen molar-refractivity contribution in [3.05, 3.63) is 35.4 Å². The zero-order valence-electron chi connectivity index (χ0n) is 12.3. The first-order valence-electron chi connectivity index (χ1n) is 7.49. The van der Waals surface area contributed by atoms with Gasteiger partial charge in [0, 0.05) is 0 Å². The van der Waals surface area contributed by atoms with Crippen LogP contribution in [0.3, 0.4) is 0 Å². The van der Waals surface area contributed by atoms with E-state index in [9.17, 15) is 4.79 Å². The molecule has 0 saturated carbocycles. The van der Waals surface area contributed by atoms with Crippen molar-refractivity contribution in [2.45, 2.75) is 32.0 Å². The van der Waals surface area contributed by atoms with Crippen LogP contribution in [0.5, 0.6) is 0 Å². The first-order chi connectivity index (χ1) is 10.3. The van der Waals surface area contributed by atoms with Crippen molar-refractivity contribution >= 4 is 5.97 Å². The van der Waals surface area contributed by atoms with Crippen LogP contribution in [-0.4, -0.2) is 38.6 Å². The maximum absolute atomic E-state index is 11.9. The van der Waals surface area contributed by atoms with Crippen LogP contribution in [-0.2, 0) is 20.6 Å². The molecule has 0 bridgehead atoms. The van der Waals surface area contributed by atoms with Gasteiger partial charge in [0.05, 0.1) is 18.8 Å². The van der Waals surface area contributed by atoms with Crippen LogP contribution < -0.4 is 5.73 Å². The molecule has 5 heteroatoms. The Morgan fingerprint density at radius 3 is 2.52 bits per heavy atom. The van der Waals surface area contributed by atoms with E-state index >= 15 is 0 Å². The topological polar surface area (TPSA) is 70.8 Å². The van der Waals surface area contributed by atoms with Gasteiger partial charge in [0.1, 0.15) is 6.61 Å². The second-order valence-electron chi connectivity index (χ2n) is 5.07. The predicted molar refractivity (Wildman–Crippen MR) is 79.0 cm³/mol. The first kappa shape index (κ1) is 15.9. The molecule has 116 valence electrons. The lowest BCUT2D eigenvalue weighted by atomic mass is 10.1. The highest BCUT2D eigenvalue weighted by atomic mass is 16.7. The van der Waals surface area contributed by atoms with Crippen molar-refractivity contribution in [3.8, 4) is 0 Å². The lowest BCUT2D eigenvalue weighted by Gasteiger charge is -2.10. The number of nitrogens with two attached hydrogens (primary N) is 1. The predicted octanol–water partition coefficient (Wildman–Crippen LogP) is 1.89. The van der Waals surface area contributed by atoms with E-state index in [2.05, 4.69) is 0 Å². The Labute approximate surface area is 125 Å². The summed E-state index contributed by atoms with van der Waals surface area (Å²) in [5, 5.41) is 0. The van der Waals surface area contributed by atoms with Crippen LogP contribution in [0.4, 0.5) is 0 Å². The van der Waals surface area contributed by atoms with E-state index in [0.29, 0.717) is 18.8 Å². The number of carbonyl (C=O) groups excluding carboxylic acids is 1. The molecule has 1 heterocycles. The van der Waals surface area contributed by atoms with Crippen molar-refractivity contribution in [1.82, 2.24) is 0 Å². The minimum atomic E-state index is -0.421. The average Bonchev–Trinajstić information content (AvgIpc) is 3.03. The van der Waals surface area contributed by atoms with Crippen LogP contribution >= 0.6 is 0 Å². The van der Waals surface area contributed by atoms with Crippen LogP contribution in [0.2, 0.25) is 0 Å². The van der Waals surface area contributed by atoms with Crippen molar-refractivity contribution in [1.29, 1.82) is 0 Å². The molecule has 0 aliphatic carbocycles. The van der Waals surface area contributed by atoms with Crippen molar-refractivity contribution in [2.75, 3.05) is 26.4 Å². The number of carbonyl (C=O) groups is 1. The lowest BCUT2D eigenvalue weighted by molar-refractivity contribution is -0.0809. The second kappa shape index (κ2) is 8.77. The Balaban J connectivity index is 1.73. The number of hydrogen-bond donors (Lipinski definition) is 1. The summed E-state index contributed by atoms with van der Waals surface area (Å²) in [6.07, 6.45) is 3.92. The average molecular weight is 293 g/mol. The molecule has 0 spiro atoms. The Kier molecular flexibility index (Phi) is 6.66. The molecule has 1 aromatic carbocycles. The van der Waals surface area contributed by atoms with E-state index in [1.165, 1.54) is 5.56 Å². The first-order valence-corrected chi connectivity index (χ1v) is 7.49. The Bertz CT molecular complexity index is 426. The van der Waals surface area contributed by atoms with Crippen LogP contribution in [0.15, 0.2) is 24.3 Å². The van der Waals surface area contributed by atoms with E-state index < -0.39 is 6.29 Å². The third-order valence-electron chi connectivity index (χ3n) is 3.40. The number of aryl methyl sites for hydroxylation is 1. The van der Waals surface area contributed by atoms with Crippen molar-refractivity contribution in [2.24, 2.45) is 5.73 Å². The third-order valence-corrected chi connectivity index (χ3v) is 3.40. The molecule has 2 N–H and O–H groups in total. The molecule has 0 aromatic heterocycles. The quantitative estimate of drug-likeness (QED) is 0.585. The molecule has 5 nitrogen and oxygen atoms in total. The van der Waals surface area contributed by atoms with Gasteiger partial charge >= 0.3 is 5.97 Å². The monoisotopic (exact) mass is 293 g/mol. The molecule has 0 unspecified atom stereocenters. The maximum atomic E-state index is 11.9. The van der Waals surface area contributed by atoms with Gasteiger partial charge in [0.25, 0.3) is 0 Å². The van der Waals surface area contributed by atoms with Gasteiger partial charge in [-0.3, -0.25) is 0 Å². The summed E-state index contributed by atoms with van der Waals surface area (Å²) in [6, 6.07) is 7.55. The smallest absolute Gasteiger partial charge is 0.338 e. The Morgan fingerprint density at radius 2 is 1.86 bits per heavy atom. The summed E-state index contributed by atoms with van der Waals surface area (Å²) in [7, 11) is 0. The van der Waals surface area contributed by atoms with Crippen LogP contribution in [0.25, 0.3) is 0 Å². The van der Waals surface area contributed by atoms with E-state index in [0.717, 1.165) is 32.2 Å². The molecular weight excluding hydrogens is 270 g/mol. The van der Waals surface area contributed by atoms with Gasteiger partial charge in [-0.15, -0.1) is 0 Å². The van der Waals surface area contributed by atoms with Crippen LogP contribution in [0.1, 0.15) is 35.2 Å². The summed E-state index contributed by atoms with van der Waals surface area (Å²) in [5.74, 6) is -0.344. The zero-order valence-corrected chi connectivity index (χ0v) is 12.3. The highest BCUT2D eigenvalue weighted by Crippen LogP contribution is 2.11.